The molecule has 110 valence electrons. The lowest BCUT2D eigenvalue weighted by molar-refractivity contribution is -0.147. The average molecular weight is 280 g/mol. The molecule has 0 radical (unpaired) electrons. The molecule has 0 fully saturated rings. The van der Waals surface area contributed by atoms with Crippen molar-refractivity contribution in [2.24, 2.45) is 5.41 Å². The van der Waals surface area contributed by atoms with E-state index in [9.17, 15) is 9.59 Å². The van der Waals surface area contributed by atoms with Gasteiger partial charge in [0.15, 0.2) is 17.3 Å². The van der Waals surface area contributed by atoms with Gasteiger partial charge in [-0.15, -0.1) is 0 Å². The van der Waals surface area contributed by atoms with Gasteiger partial charge in [-0.3, -0.25) is 9.59 Å². The van der Waals surface area contributed by atoms with Gasteiger partial charge in [-0.05, 0) is 38.5 Å². The molecule has 5 nitrogen and oxygen atoms in total. The van der Waals surface area contributed by atoms with E-state index in [4.69, 9.17) is 14.6 Å². The maximum absolute atomic E-state index is 12.1. The number of Topliss-reactive ketones (excluding diaryl/α,β-unsaturated/α-hetero) is 1. The Morgan fingerprint density at radius 1 is 1.15 bits per heavy atom. The number of carbonyl (C=O) groups is 2. The van der Waals surface area contributed by atoms with Gasteiger partial charge in [0.2, 0.25) is 0 Å². The van der Waals surface area contributed by atoms with E-state index >= 15 is 0 Å². The van der Waals surface area contributed by atoms with Crippen molar-refractivity contribution in [1.29, 1.82) is 0 Å². The van der Waals surface area contributed by atoms with E-state index in [1.54, 1.807) is 32.0 Å². The quantitative estimate of drug-likeness (QED) is 0.777. The highest BCUT2D eigenvalue weighted by Crippen LogP contribution is 2.29. The molecule has 0 unspecified atom stereocenters. The van der Waals surface area contributed by atoms with Crippen LogP contribution in [-0.4, -0.2) is 31.1 Å². The molecule has 1 rings (SSSR count). The lowest BCUT2D eigenvalue weighted by Gasteiger charge is -2.18. The lowest BCUT2D eigenvalue weighted by Crippen LogP contribution is -2.24. The Morgan fingerprint density at radius 2 is 1.75 bits per heavy atom. The fraction of sp³-hybridized carbons (Fsp3) is 0.467. The van der Waals surface area contributed by atoms with Gasteiger partial charge in [0.05, 0.1) is 19.6 Å². The maximum atomic E-state index is 12.1. The van der Waals surface area contributed by atoms with Crippen molar-refractivity contribution >= 4 is 11.8 Å². The number of hydrogen-bond acceptors (Lipinski definition) is 4. The summed E-state index contributed by atoms with van der Waals surface area (Å²) >= 11 is 0. The summed E-state index contributed by atoms with van der Waals surface area (Å²) in [6.45, 7) is 3.22. The Hall–Kier alpha value is -2.04. The Morgan fingerprint density at radius 3 is 2.25 bits per heavy atom. The Labute approximate surface area is 118 Å². The van der Waals surface area contributed by atoms with E-state index < -0.39 is 11.4 Å². The second-order valence-corrected chi connectivity index (χ2v) is 5.18. The number of ketones is 1. The van der Waals surface area contributed by atoms with Gasteiger partial charge in [0, 0.05) is 12.0 Å². The number of aliphatic carboxylic acids is 1. The van der Waals surface area contributed by atoms with Gasteiger partial charge in [-0.1, -0.05) is 0 Å². The number of hydrogen-bond donors (Lipinski definition) is 1. The van der Waals surface area contributed by atoms with Crippen molar-refractivity contribution in [3.8, 4) is 11.5 Å². The standard InChI is InChI=1S/C15H20O5/c1-15(2,14(17)18)8-7-11(16)10-5-6-12(19-3)13(9-10)20-4/h5-6,9H,7-8H2,1-4H3,(H,17,18). The molecule has 20 heavy (non-hydrogen) atoms. The van der Waals surface area contributed by atoms with E-state index in [1.165, 1.54) is 14.2 Å². The van der Waals surface area contributed by atoms with Crippen LogP contribution < -0.4 is 9.47 Å². The summed E-state index contributed by atoms with van der Waals surface area (Å²) in [6, 6.07) is 4.92. The first-order valence-electron chi connectivity index (χ1n) is 6.30. The Balaban J connectivity index is 2.81. The molecule has 1 aromatic rings. The van der Waals surface area contributed by atoms with Crippen LogP contribution in [0.5, 0.6) is 11.5 Å². The van der Waals surface area contributed by atoms with Gasteiger partial charge in [0.25, 0.3) is 0 Å². The van der Waals surface area contributed by atoms with Crippen LogP contribution in [0, 0.1) is 5.41 Å². The van der Waals surface area contributed by atoms with Crippen LogP contribution in [0.1, 0.15) is 37.0 Å². The first kappa shape index (κ1) is 16.0. The fourth-order valence-electron chi connectivity index (χ4n) is 1.69. The summed E-state index contributed by atoms with van der Waals surface area (Å²) in [7, 11) is 3.02. The highest BCUT2D eigenvalue weighted by Gasteiger charge is 2.27. The fourth-order valence-corrected chi connectivity index (χ4v) is 1.69. The molecule has 0 bridgehead atoms. The van der Waals surface area contributed by atoms with Crippen LogP contribution in [0.4, 0.5) is 0 Å². The highest BCUT2D eigenvalue weighted by atomic mass is 16.5. The molecule has 0 saturated heterocycles. The summed E-state index contributed by atoms with van der Waals surface area (Å²) < 4.78 is 10.2. The SMILES string of the molecule is COc1ccc(C(=O)CCC(C)(C)C(=O)O)cc1OC. The van der Waals surface area contributed by atoms with E-state index in [1.807, 2.05) is 0 Å². The molecule has 0 amide bonds. The first-order chi connectivity index (χ1) is 9.31. The second kappa shape index (κ2) is 6.41. The molecule has 1 N–H and O–H groups in total. The predicted molar refractivity (Wildman–Crippen MR) is 74.5 cm³/mol. The third-order valence-electron chi connectivity index (χ3n) is 3.26. The van der Waals surface area contributed by atoms with Crippen molar-refractivity contribution in [3.63, 3.8) is 0 Å². The smallest absolute Gasteiger partial charge is 0.309 e. The van der Waals surface area contributed by atoms with Crippen LogP contribution >= 0.6 is 0 Å². The number of rotatable bonds is 7. The Kier molecular flexibility index (Phi) is 5.13. The van der Waals surface area contributed by atoms with Crippen molar-refractivity contribution in [3.05, 3.63) is 23.8 Å². The van der Waals surface area contributed by atoms with E-state index in [-0.39, 0.29) is 18.6 Å². The maximum Gasteiger partial charge on any atom is 0.309 e. The van der Waals surface area contributed by atoms with Gasteiger partial charge in [0.1, 0.15) is 0 Å². The van der Waals surface area contributed by atoms with Crippen molar-refractivity contribution < 1.29 is 24.2 Å². The van der Waals surface area contributed by atoms with Crippen molar-refractivity contribution in [2.45, 2.75) is 26.7 Å². The summed E-state index contributed by atoms with van der Waals surface area (Å²) in [5.41, 5.74) is -0.421. The van der Waals surface area contributed by atoms with Crippen LogP contribution in [0.25, 0.3) is 0 Å². The lowest BCUT2D eigenvalue weighted by atomic mass is 9.86. The molecule has 0 heterocycles. The largest absolute Gasteiger partial charge is 0.493 e. The molecule has 0 aliphatic carbocycles. The van der Waals surface area contributed by atoms with Crippen molar-refractivity contribution in [2.75, 3.05) is 14.2 Å². The summed E-state index contributed by atoms with van der Waals surface area (Å²) in [4.78, 5) is 23.1. The average Bonchev–Trinajstić information content (AvgIpc) is 2.43. The minimum atomic E-state index is -0.910. The molecule has 0 aromatic heterocycles. The van der Waals surface area contributed by atoms with Crippen LogP contribution in [0.15, 0.2) is 18.2 Å². The van der Waals surface area contributed by atoms with Crippen LogP contribution in [-0.2, 0) is 4.79 Å². The molecule has 1 aromatic carbocycles. The minimum Gasteiger partial charge on any atom is -0.493 e. The van der Waals surface area contributed by atoms with E-state index in [0.29, 0.717) is 17.1 Å². The zero-order chi connectivity index (χ0) is 15.3. The van der Waals surface area contributed by atoms with Gasteiger partial charge in [-0.25, -0.2) is 0 Å². The molecular weight excluding hydrogens is 260 g/mol. The summed E-state index contributed by atoms with van der Waals surface area (Å²) in [6.07, 6.45) is 0.463. The number of methoxy groups -OCH3 is 2. The number of carboxylic acid groups (broad SMARTS) is 1. The van der Waals surface area contributed by atoms with Crippen LogP contribution in [0.2, 0.25) is 0 Å². The van der Waals surface area contributed by atoms with Gasteiger partial charge in [-0.2, -0.15) is 0 Å². The highest BCUT2D eigenvalue weighted by molar-refractivity contribution is 5.97. The molecule has 0 aliphatic rings. The number of carboxylic acids is 1. The number of benzene rings is 1. The van der Waals surface area contributed by atoms with Gasteiger partial charge >= 0.3 is 5.97 Å². The van der Waals surface area contributed by atoms with Crippen LogP contribution in [0.3, 0.4) is 0 Å². The number of carbonyl (C=O) groups excluding carboxylic acids is 1. The molecule has 0 aliphatic heterocycles. The Bertz CT molecular complexity index is 505. The molecule has 0 saturated carbocycles. The summed E-state index contributed by atoms with van der Waals surface area (Å²) in [5.74, 6) is 0.0173. The molecule has 0 spiro atoms. The van der Waals surface area contributed by atoms with E-state index in [2.05, 4.69) is 0 Å². The second-order valence-electron chi connectivity index (χ2n) is 5.18. The zero-order valence-corrected chi connectivity index (χ0v) is 12.2. The molecule has 0 atom stereocenters. The monoisotopic (exact) mass is 280 g/mol. The van der Waals surface area contributed by atoms with E-state index in [0.717, 1.165) is 0 Å². The number of ether oxygens (including phenoxy) is 2. The third kappa shape index (κ3) is 3.73. The van der Waals surface area contributed by atoms with Crippen molar-refractivity contribution in [1.82, 2.24) is 0 Å². The van der Waals surface area contributed by atoms with Gasteiger partial charge < -0.3 is 14.6 Å². The molecule has 5 heteroatoms. The normalized spacial score (nSPS) is 11.0. The predicted octanol–water partition coefficient (Wildman–Crippen LogP) is 2.78. The summed E-state index contributed by atoms with van der Waals surface area (Å²) in [5, 5.41) is 9.03. The first-order valence-corrected chi connectivity index (χ1v) is 6.30. The topological polar surface area (TPSA) is 72.8 Å². The molecular formula is C15H20O5. The minimum absolute atomic E-state index is 0.111. The third-order valence-corrected chi connectivity index (χ3v) is 3.26. The zero-order valence-electron chi connectivity index (χ0n) is 12.2.